The molecule has 2 atom stereocenters. The molecular formula is C13H19N4O4P. The molecule has 4 N–H and O–H groups in total. The minimum Gasteiger partial charge on any atom is -0.383 e. The van der Waals surface area contributed by atoms with Gasteiger partial charge in [-0.05, 0) is 12.5 Å². The first kappa shape index (κ1) is 15.5. The Morgan fingerprint density at radius 2 is 2.23 bits per heavy atom. The van der Waals surface area contributed by atoms with E-state index in [4.69, 9.17) is 15.2 Å². The van der Waals surface area contributed by atoms with Crippen LogP contribution in [0.1, 0.15) is 25.3 Å². The number of nitrogens with zero attached hydrogens (tertiary/aromatic N) is 3. The summed E-state index contributed by atoms with van der Waals surface area (Å²) in [5.41, 5.74) is 8.00. The predicted molar refractivity (Wildman–Crippen MR) is 84.2 cm³/mol. The first-order chi connectivity index (χ1) is 10.4. The van der Waals surface area contributed by atoms with E-state index in [1.54, 1.807) is 0 Å². The summed E-state index contributed by atoms with van der Waals surface area (Å²) in [5.74, 6) is 2.40. The van der Waals surface area contributed by atoms with Crippen molar-refractivity contribution >= 4 is 25.0 Å². The fourth-order valence-corrected chi connectivity index (χ4v) is 3.29. The molecule has 3 rings (SSSR count). The van der Waals surface area contributed by atoms with Gasteiger partial charge in [0, 0.05) is 17.7 Å². The van der Waals surface area contributed by atoms with Crippen LogP contribution in [0.15, 0.2) is 18.1 Å². The third-order valence-electron chi connectivity index (χ3n) is 3.82. The quantitative estimate of drug-likeness (QED) is 0.684. The van der Waals surface area contributed by atoms with Crippen molar-refractivity contribution in [2.45, 2.75) is 26.1 Å². The molecule has 8 nitrogen and oxygen atoms in total. The number of fused-ring (bicyclic) bond motifs is 1. The van der Waals surface area contributed by atoms with Crippen molar-refractivity contribution in [1.82, 2.24) is 9.97 Å². The van der Waals surface area contributed by atoms with Gasteiger partial charge in [0.25, 0.3) is 0 Å². The lowest BCUT2D eigenvalue weighted by Gasteiger charge is -2.34. The average Bonchev–Trinajstić information content (AvgIpc) is 2.46. The monoisotopic (exact) mass is 326 g/mol. The molecule has 0 radical (unpaired) electrons. The van der Waals surface area contributed by atoms with Crippen LogP contribution in [-0.2, 0) is 9.47 Å². The van der Waals surface area contributed by atoms with E-state index in [1.807, 2.05) is 18.0 Å². The largest absolute Gasteiger partial charge is 0.383 e. The number of rotatable bonds is 2. The van der Waals surface area contributed by atoms with Crippen molar-refractivity contribution in [1.29, 1.82) is 0 Å². The Morgan fingerprint density at radius 3 is 2.91 bits per heavy atom. The molecule has 0 saturated heterocycles. The maximum Gasteiger partial charge on any atom is 0.181 e. The summed E-state index contributed by atoms with van der Waals surface area (Å²) >= 11 is 0. The van der Waals surface area contributed by atoms with Crippen molar-refractivity contribution in [3.63, 3.8) is 0 Å². The molecule has 2 aliphatic heterocycles. The number of hydrogen-bond donors (Lipinski definition) is 3. The maximum absolute atomic E-state index is 9.47. The standard InChI is InChI=1S/C13H19N4O4P/c1-8-3-17(4-10-20-6-22(18,19)7-21-10)13-11(9(8)2)12(14)15-5-16-13/h3,5-6,9-10,18-19H,4,7H2,1-2H3,(H2,14,15,16). The molecule has 1 aromatic rings. The topological polar surface area (TPSA) is 114 Å². The molecule has 0 spiro atoms. The van der Waals surface area contributed by atoms with Crippen LogP contribution < -0.4 is 10.6 Å². The van der Waals surface area contributed by atoms with Gasteiger partial charge in [0.05, 0.1) is 12.5 Å². The number of ether oxygens (including phenoxy) is 2. The minimum absolute atomic E-state index is 0.136. The maximum atomic E-state index is 9.47. The van der Waals surface area contributed by atoms with Crippen LogP contribution in [0.3, 0.4) is 0 Å². The molecule has 0 bridgehead atoms. The van der Waals surface area contributed by atoms with E-state index in [1.165, 1.54) is 6.33 Å². The molecule has 22 heavy (non-hydrogen) atoms. The van der Waals surface area contributed by atoms with Gasteiger partial charge in [-0.25, -0.2) is 9.97 Å². The van der Waals surface area contributed by atoms with E-state index >= 15 is 0 Å². The van der Waals surface area contributed by atoms with Crippen molar-refractivity contribution in [2.75, 3.05) is 23.5 Å². The van der Waals surface area contributed by atoms with Crippen LogP contribution in [0.2, 0.25) is 0 Å². The highest BCUT2D eigenvalue weighted by Crippen LogP contribution is 2.41. The van der Waals surface area contributed by atoms with Crippen LogP contribution in [0.5, 0.6) is 0 Å². The van der Waals surface area contributed by atoms with Gasteiger partial charge >= 0.3 is 0 Å². The molecule has 2 aliphatic rings. The van der Waals surface area contributed by atoms with E-state index in [0.29, 0.717) is 12.4 Å². The van der Waals surface area contributed by atoms with Crippen LogP contribution in [0.4, 0.5) is 11.6 Å². The van der Waals surface area contributed by atoms with Crippen molar-refractivity contribution in [2.24, 2.45) is 0 Å². The van der Waals surface area contributed by atoms with Crippen LogP contribution >= 0.6 is 7.34 Å². The predicted octanol–water partition coefficient (Wildman–Crippen LogP) is 0.808. The summed E-state index contributed by atoms with van der Waals surface area (Å²) < 4.78 is 10.6. The van der Waals surface area contributed by atoms with Gasteiger partial charge in [-0.15, -0.1) is 0 Å². The van der Waals surface area contributed by atoms with Crippen molar-refractivity contribution < 1.29 is 19.3 Å². The van der Waals surface area contributed by atoms with Gasteiger partial charge in [0.2, 0.25) is 0 Å². The second kappa shape index (κ2) is 5.64. The van der Waals surface area contributed by atoms with Gasteiger partial charge < -0.3 is 29.9 Å². The molecular weight excluding hydrogens is 307 g/mol. The Kier molecular flexibility index (Phi) is 3.96. The molecule has 0 aromatic carbocycles. The lowest BCUT2D eigenvalue weighted by atomic mass is 9.92. The lowest BCUT2D eigenvalue weighted by molar-refractivity contribution is -0.0677. The Labute approximate surface area is 128 Å². The number of anilines is 2. The van der Waals surface area contributed by atoms with Crippen LogP contribution in [-0.4, -0.2) is 44.9 Å². The lowest BCUT2D eigenvalue weighted by Crippen LogP contribution is -2.37. The zero-order valence-electron chi connectivity index (χ0n) is 12.4. The molecule has 9 heteroatoms. The van der Waals surface area contributed by atoms with Crippen LogP contribution in [0, 0.1) is 0 Å². The fourth-order valence-electron chi connectivity index (χ4n) is 2.51. The van der Waals surface area contributed by atoms with Gasteiger partial charge in [0.15, 0.2) is 13.6 Å². The summed E-state index contributed by atoms with van der Waals surface area (Å²) in [6, 6.07) is 0. The molecule has 0 fully saturated rings. The van der Waals surface area contributed by atoms with Crippen LogP contribution in [0.25, 0.3) is 0 Å². The first-order valence-corrected chi connectivity index (χ1v) is 8.82. The zero-order chi connectivity index (χ0) is 15.9. The van der Waals surface area contributed by atoms with Gasteiger partial charge in [0.1, 0.15) is 24.3 Å². The Morgan fingerprint density at radius 1 is 1.45 bits per heavy atom. The highest BCUT2D eigenvalue weighted by Gasteiger charge is 2.29. The minimum atomic E-state index is -3.17. The number of hydrogen-bond acceptors (Lipinski definition) is 8. The van der Waals surface area contributed by atoms with Gasteiger partial charge in [-0.3, -0.25) is 0 Å². The second-order valence-corrected chi connectivity index (χ2v) is 7.54. The number of nitrogens with two attached hydrogens (primary N) is 1. The normalized spacial score (nSPS) is 26.9. The third-order valence-corrected chi connectivity index (χ3v) is 4.81. The van der Waals surface area contributed by atoms with E-state index in [2.05, 4.69) is 16.9 Å². The summed E-state index contributed by atoms with van der Waals surface area (Å²) in [7, 11) is -3.17. The summed E-state index contributed by atoms with van der Waals surface area (Å²) in [6.45, 7) is 4.43. The zero-order valence-corrected chi connectivity index (χ0v) is 13.3. The molecule has 0 saturated carbocycles. The Bertz CT molecular complexity index is 672. The number of allylic oxidation sites excluding steroid dienone is 1. The molecule has 3 heterocycles. The fraction of sp³-hybridized carbons (Fsp3) is 0.462. The highest BCUT2D eigenvalue weighted by atomic mass is 31.2. The molecule has 0 amide bonds. The number of nitrogen functional groups attached to an aromatic ring is 1. The summed E-state index contributed by atoms with van der Waals surface area (Å²) in [5, 5.41) is 0. The smallest absolute Gasteiger partial charge is 0.181 e. The molecule has 120 valence electrons. The van der Waals surface area contributed by atoms with Crippen molar-refractivity contribution in [3.8, 4) is 0 Å². The van der Waals surface area contributed by atoms with E-state index in [0.717, 1.165) is 22.9 Å². The van der Waals surface area contributed by atoms with E-state index < -0.39 is 13.6 Å². The van der Waals surface area contributed by atoms with Gasteiger partial charge in [-0.1, -0.05) is 6.92 Å². The SMILES string of the molecule is CC1=CN(CC2OC=P(O)(O)CO2)c2ncnc(N)c2C1C. The third kappa shape index (κ3) is 2.88. The molecule has 0 aliphatic carbocycles. The van der Waals surface area contributed by atoms with E-state index in [-0.39, 0.29) is 12.3 Å². The molecule has 2 unspecified atom stereocenters. The number of aromatic nitrogens is 2. The first-order valence-electron chi connectivity index (χ1n) is 6.87. The summed E-state index contributed by atoms with van der Waals surface area (Å²) in [6.07, 6.45) is 2.66. The summed E-state index contributed by atoms with van der Waals surface area (Å²) in [4.78, 5) is 29.2. The molecule has 1 aromatic heterocycles. The average molecular weight is 326 g/mol. The van der Waals surface area contributed by atoms with Gasteiger partial charge in [-0.2, -0.15) is 0 Å². The van der Waals surface area contributed by atoms with Crippen molar-refractivity contribution in [3.05, 3.63) is 23.7 Å². The Hall–Kier alpha value is -1.44. The second-order valence-electron chi connectivity index (χ2n) is 5.50. The Balaban J connectivity index is 1.86. The highest BCUT2D eigenvalue weighted by molar-refractivity contribution is 7.63. The van der Waals surface area contributed by atoms with E-state index in [9.17, 15) is 9.79 Å².